The highest BCUT2D eigenvalue weighted by Gasteiger charge is 2.08. The lowest BCUT2D eigenvalue weighted by atomic mass is 10.2. The number of aromatic nitrogens is 2. The maximum atomic E-state index is 12.1. The fraction of sp³-hybridized carbons (Fsp3) is 0.0526. The van der Waals surface area contributed by atoms with Crippen LogP contribution in [0.15, 0.2) is 67.0 Å². The van der Waals surface area contributed by atoms with E-state index < -0.39 is 0 Å². The predicted molar refractivity (Wildman–Crippen MR) is 100 cm³/mol. The summed E-state index contributed by atoms with van der Waals surface area (Å²) in [6.07, 6.45) is 2.96. The molecule has 2 aromatic carbocycles. The molecule has 1 aromatic heterocycles. The Morgan fingerprint density at radius 2 is 1.31 bits per heavy atom. The van der Waals surface area contributed by atoms with Gasteiger partial charge < -0.3 is 16.0 Å². The lowest BCUT2D eigenvalue weighted by Gasteiger charge is -2.09. The average Bonchev–Trinajstić information content (AvgIpc) is 2.64. The molecule has 0 aliphatic heterocycles. The van der Waals surface area contributed by atoms with Crippen molar-refractivity contribution >= 4 is 29.0 Å². The van der Waals surface area contributed by atoms with E-state index in [4.69, 9.17) is 0 Å². The summed E-state index contributed by atoms with van der Waals surface area (Å²) in [6.45, 7) is 1.80. The van der Waals surface area contributed by atoms with E-state index in [1.165, 1.54) is 12.4 Å². The number of rotatable bonds is 4. The second-order valence-electron chi connectivity index (χ2n) is 5.52. The molecule has 0 fully saturated rings. The zero-order valence-corrected chi connectivity index (χ0v) is 14.1. The van der Waals surface area contributed by atoms with Gasteiger partial charge in [-0.25, -0.2) is 9.78 Å². The minimum Gasteiger partial charge on any atom is -0.321 e. The van der Waals surface area contributed by atoms with Gasteiger partial charge in [-0.3, -0.25) is 9.78 Å². The lowest BCUT2D eigenvalue weighted by Crippen LogP contribution is -2.19. The third kappa shape index (κ3) is 4.64. The number of anilines is 3. The molecule has 7 nitrogen and oxygen atoms in total. The summed E-state index contributed by atoms with van der Waals surface area (Å²) in [5.41, 5.74) is 2.87. The van der Waals surface area contributed by atoms with Gasteiger partial charge in [0.25, 0.3) is 5.91 Å². The van der Waals surface area contributed by atoms with Crippen LogP contribution in [0.25, 0.3) is 0 Å². The van der Waals surface area contributed by atoms with Crippen LogP contribution in [0.2, 0.25) is 0 Å². The highest BCUT2D eigenvalue weighted by Crippen LogP contribution is 2.15. The molecule has 0 unspecified atom stereocenters. The third-order valence-corrected chi connectivity index (χ3v) is 3.45. The van der Waals surface area contributed by atoms with E-state index in [1.54, 1.807) is 43.3 Å². The molecule has 26 heavy (non-hydrogen) atoms. The number of nitrogens with one attached hydrogen (secondary N) is 3. The fourth-order valence-electron chi connectivity index (χ4n) is 2.16. The van der Waals surface area contributed by atoms with Crippen molar-refractivity contribution in [1.82, 2.24) is 9.97 Å². The zero-order chi connectivity index (χ0) is 18.4. The molecule has 1 heterocycles. The van der Waals surface area contributed by atoms with Crippen LogP contribution in [-0.2, 0) is 0 Å². The van der Waals surface area contributed by atoms with E-state index >= 15 is 0 Å². The van der Waals surface area contributed by atoms with Crippen molar-refractivity contribution in [2.24, 2.45) is 0 Å². The molecule has 3 aromatic rings. The summed E-state index contributed by atoms with van der Waals surface area (Å²) in [6, 6.07) is 15.6. The minimum absolute atomic E-state index is 0.236. The first-order valence-electron chi connectivity index (χ1n) is 7.93. The van der Waals surface area contributed by atoms with Crippen molar-refractivity contribution in [1.29, 1.82) is 0 Å². The van der Waals surface area contributed by atoms with Crippen LogP contribution in [0.1, 0.15) is 16.2 Å². The molecule has 0 radical (unpaired) electrons. The maximum Gasteiger partial charge on any atom is 0.323 e. The van der Waals surface area contributed by atoms with E-state index in [0.717, 1.165) is 5.69 Å². The van der Waals surface area contributed by atoms with Crippen molar-refractivity contribution in [2.75, 3.05) is 16.0 Å². The number of aryl methyl sites for hydroxylation is 1. The first-order chi connectivity index (χ1) is 12.6. The van der Waals surface area contributed by atoms with Gasteiger partial charge in [0.2, 0.25) is 0 Å². The van der Waals surface area contributed by atoms with E-state index in [1.807, 2.05) is 18.2 Å². The highest BCUT2D eigenvalue weighted by atomic mass is 16.2. The van der Waals surface area contributed by atoms with Crippen LogP contribution in [0.5, 0.6) is 0 Å². The molecule has 0 saturated heterocycles. The molecule has 0 atom stereocenters. The fourth-order valence-corrected chi connectivity index (χ4v) is 2.16. The Morgan fingerprint density at radius 3 is 1.88 bits per heavy atom. The topological polar surface area (TPSA) is 96.0 Å². The smallest absolute Gasteiger partial charge is 0.321 e. The van der Waals surface area contributed by atoms with Gasteiger partial charge in [0.1, 0.15) is 5.69 Å². The molecule has 0 bridgehead atoms. The molecule has 0 saturated carbocycles. The van der Waals surface area contributed by atoms with Gasteiger partial charge in [-0.05, 0) is 43.3 Å². The Labute approximate surface area is 150 Å². The standard InChI is InChI=1S/C19H17N5O2/c1-13-11-21-17(12-20-13)18(25)22-15-7-9-16(10-8-15)24-19(26)23-14-5-3-2-4-6-14/h2-12H,1H3,(H,22,25)(H2,23,24,26). The van der Waals surface area contributed by atoms with Gasteiger partial charge in [-0.15, -0.1) is 0 Å². The number of hydrogen-bond acceptors (Lipinski definition) is 4. The maximum absolute atomic E-state index is 12.1. The van der Waals surface area contributed by atoms with E-state index in [9.17, 15) is 9.59 Å². The molecule has 7 heteroatoms. The molecule has 3 N–H and O–H groups in total. The summed E-state index contributed by atoms with van der Waals surface area (Å²) in [5, 5.41) is 8.18. The van der Waals surface area contributed by atoms with Gasteiger partial charge in [-0.1, -0.05) is 18.2 Å². The van der Waals surface area contributed by atoms with Crippen molar-refractivity contribution in [3.05, 3.63) is 78.4 Å². The number of urea groups is 1. The van der Waals surface area contributed by atoms with Gasteiger partial charge in [0, 0.05) is 23.3 Å². The molecular formula is C19H17N5O2. The Morgan fingerprint density at radius 1 is 0.731 bits per heavy atom. The second-order valence-corrected chi connectivity index (χ2v) is 5.52. The number of para-hydroxylation sites is 1. The van der Waals surface area contributed by atoms with Crippen LogP contribution in [-0.4, -0.2) is 21.9 Å². The summed E-state index contributed by atoms with van der Waals surface area (Å²) >= 11 is 0. The van der Waals surface area contributed by atoms with Crippen LogP contribution in [0.3, 0.4) is 0 Å². The number of hydrogen-bond donors (Lipinski definition) is 3. The Hall–Kier alpha value is -3.74. The van der Waals surface area contributed by atoms with Gasteiger partial charge >= 0.3 is 6.03 Å². The van der Waals surface area contributed by atoms with E-state index in [0.29, 0.717) is 17.1 Å². The first-order valence-corrected chi connectivity index (χ1v) is 7.93. The number of carbonyl (C=O) groups excluding carboxylic acids is 2. The SMILES string of the molecule is Cc1cnc(C(=O)Nc2ccc(NC(=O)Nc3ccccc3)cc2)cn1. The Balaban J connectivity index is 1.57. The largest absolute Gasteiger partial charge is 0.323 e. The minimum atomic E-state index is -0.347. The number of benzene rings is 2. The van der Waals surface area contributed by atoms with E-state index in [2.05, 4.69) is 25.9 Å². The van der Waals surface area contributed by atoms with Crippen molar-refractivity contribution in [3.8, 4) is 0 Å². The predicted octanol–water partition coefficient (Wildman–Crippen LogP) is 3.68. The molecule has 0 aliphatic carbocycles. The Bertz CT molecular complexity index is 893. The highest BCUT2D eigenvalue weighted by molar-refractivity contribution is 6.03. The van der Waals surface area contributed by atoms with Crippen molar-refractivity contribution in [3.63, 3.8) is 0 Å². The number of nitrogens with zero attached hydrogens (tertiary/aromatic N) is 2. The van der Waals surface area contributed by atoms with Crippen molar-refractivity contribution in [2.45, 2.75) is 6.92 Å². The Kier molecular flexibility index (Phi) is 5.19. The first kappa shape index (κ1) is 17.1. The monoisotopic (exact) mass is 347 g/mol. The summed E-state index contributed by atoms with van der Waals surface area (Å²) in [7, 11) is 0. The molecule has 0 spiro atoms. The van der Waals surface area contributed by atoms with Gasteiger partial charge in [0.05, 0.1) is 11.9 Å². The van der Waals surface area contributed by atoms with Gasteiger partial charge in [-0.2, -0.15) is 0 Å². The van der Waals surface area contributed by atoms with Crippen LogP contribution in [0.4, 0.5) is 21.9 Å². The quantitative estimate of drug-likeness (QED) is 0.671. The van der Waals surface area contributed by atoms with E-state index in [-0.39, 0.29) is 17.6 Å². The second kappa shape index (κ2) is 7.89. The molecule has 0 aliphatic rings. The summed E-state index contributed by atoms with van der Waals surface area (Å²) in [5.74, 6) is -0.347. The average molecular weight is 347 g/mol. The van der Waals surface area contributed by atoms with Crippen molar-refractivity contribution < 1.29 is 9.59 Å². The third-order valence-electron chi connectivity index (χ3n) is 3.45. The van der Waals surface area contributed by atoms with Crippen LogP contribution < -0.4 is 16.0 Å². The normalized spacial score (nSPS) is 10.0. The number of carbonyl (C=O) groups is 2. The summed E-state index contributed by atoms with van der Waals surface area (Å²) < 4.78 is 0. The molecule has 130 valence electrons. The van der Waals surface area contributed by atoms with Crippen LogP contribution in [0, 0.1) is 6.92 Å². The molecular weight excluding hydrogens is 330 g/mol. The van der Waals surface area contributed by atoms with Crippen LogP contribution >= 0.6 is 0 Å². The van der Waals surface area contributed by atoms with Gasteiger partial charge in [0.15, 0.2) is 0 Å². The molecule has 3 amide bonds. The summed E-state index contributed by atoms with van der Waals surface area (Å²) in [4.78, 5) is 32.1. The molecule has 3 rings (SSSR count). The zero-order valence-electron chi connectivity index (χ0n) is 14.1. The number of amides is 3. The lowest BCUT2D eigenvalue weighted by molar-refractivity contribution is 0.102.